The van der Waals surface area contributed by atoms with Gasteiger partial charge in [0.2, 0.25) is 0 Å². The lowest BCUT2D eigenvalue weighted by molar-refractivity contribution is 0.421. The molecule has 2 heterocycles. The topological polar surface area (TPSA) is 74.1 Å². The fraction of sp³-hybridized carbons (Fsp3) is 0.267. The van der Waals surface area contributed by atoms with Crippen LogP contribution in [0.2, 0.25) is 0 Å². The van der Waals surface area contributed by atoms with E-state index in [9.17, 15) is 5.11 Å². The van der Waals surface area contributed by atoms with E-state index < -0.39 is 0 Å². The van der Waals surface area contributed by atoms with Crippen LogP contribution in [-0.4, -0.2) is 22.1 Å². The van der Waals surface area contributed by atoms with Crippen LogP contribution in [0.3, 0.4) is 0 Å². The first-order valence-electron chi connectivity index (χ1n) is 6.56. The SMILES string of the molecule is CNc1nc(O)c(C(C)c2c[nH]c3c(C)cccc23)o1. The zero-order chi connectivity index (χ0) is 14.3. The molecule has 3 N–H and O–H groups in total. The molecule has 104 valence electrons. The van der Waals surface area contributed by atoms with Crippen molar-refractivity contribution in [2.75, 3.05) is 12.4 Å². The highest BCUT2D eigenvalue weighted by Gasteiger charge is 2.22. The van der Waals surface area contributed by atoms with Gasteiger partial charge in [0, 0.05) is 30.1 Å². The predicted octanol–water partition coefficient (Wildman–Crippen LogP) is 3.36. The summed E-state index contributed by atoms with van der Waals surface area (Å²) in [6.07, 6.45) is 1.96. The number of aromatic hydroxyl groups is 1. The van der Waals surface area contributed by atoms with Crippen molar-refractivity contribution >= 4 is 16.9 Å². The lowest BCUT2D eigenvalue weighted by Crippen LogP contribution is -1.93. The van der Waals surface area contributed by atoms with Crippen LogP contribution in [0.25, 0.3) is 10.9 Å². The van der Waals surface area contributed by atoms with Crippen molar-refractivity contribution in [1.82, 2.24) is 9.97 Å². The van der Waals surface area contributed by atoms with E-state index in [1.807, 2.05) is 19.2 Å². The number of hydrogen-bond acceptors (Lipinski definition) is 4. The van der Waals surface area contributed by atoms with Gasteiger partial charge in [0.25, 0.3) is 11.9 Å². The Bertz CT molecular complexity index is 758. The van der Waals surface area contributed by atoms with Gasteiger partial charge in [-0.2, -0.15) is 4.98 Å². The van der Waals surface area contributed by atoms with Gasteiger partial charge in [0.1, 0.15) is 0 Å². The molecule has 1 aromatic carbocycles. The number of nitrogens with one attached hydrogen (secondary N) is 2. The molecule has 0 saturated heterocycles. The number of anilines is 1. The van der Waals surface area contributed by atoms with E-state index in [1.54, 1.807) is 7.05 Å². The zero-order valence-corrected chi connectivity index (χ0v) is 11.7. The number of hydrogen-bond donors (Lipinski definition) is 3. The van der Waals surface area contributed by atoms with Crippen molar-refractivity contribution in [2.24, 2.45) is 0 Å². The summed E-state index contributed by atoms with van der Waals surface area (Å²) in [6.45, 7) is 4.06. The van der Waals surface area contributed by atoms with Crippen molar-refractivity contribution in [1.29, 1.82) is 0 Å². The second-order valence-electron chi connectivity index (χ2n) is 4.92. The summed E-state index contributed by atoms with van der Waals surface area (Å²) in [5, 5.41) is 13.8. The molecule has 3 aromatic rings. The molecule has 5 heteroatoms. The van der Waals surface area contributed by atoms with E-state index in [0.29, 0.717) is 11.8 Å². The number of aromatic nitrogens is 2. The molecule has 3 rings (SSSR count). The van der Waals surface area contributed by atoms with Crippen LogP contribution in [0.5, 0.6) is 5.88 Å². The highest BCUT2D eigenvalue weighted by atomic mass is 16.4. The standard InChI is InChI=1S/C15H17N3O2/c1-8-5-4-6-10-11(7-17-12(8)10)9(2)13-14(19)18-15(16-3)20-13/h4-7,9,17,19H,1-3H3,(H,16,18). The van der Waals surface area contributed by atoms with Crippen LogP contribution in [0.1, 0.15) is 29.7 Å². The molecule has 0 saturated carbocycles. The van der Waals surface area contributed by atoms with Crippen LogP contribution in [0, 0.1) is 6.92 Å². The maximum Gasteiger partial charge on any atom is 0.297 e. The number of aryl methyl sites for hydroxylation is 1. The maximum atomic E-state index is 9.90. The Hall–Kier alpha value is -2.43. The third kappa shape index (κ3) is 1.82. The molecule has 0 aliphatic heterocycles. The van der Waals surface area contributed by atoms with E-state index in [4.69, 9.17) is 4.42 Å². The number of aromatic amines is 1. The summed E-state index contributed by atoms with van der Waals surface area (Å²) in [5.41, 5.74) is 3.39. The average molecular weight is 271 g/mol. The van der Waals surface area contributed by atoms with E-state index >= 15 is 0 Å². The molecular weight excluding hydrogens is 254 g/mol. The molecule has 5 nitrogen and oxygen atoms in total. The van der Waals surface area contributed by atoms with E-state index in [2.05, 4.69) is 34.3 Å². The molecule has 0 radical (unpaired) electrons. The number of fused-ring (bicyclic) bond motifs is 1. The molecule has 0 spiro atoms. The highest BCUT2D eigenvalue weighted by molar-refractivity contribution is 5.86. The van der Waals surface area contributed by atoms with E-state index in [-0.39, 0.29) is 11.8 Å². The summed E-state index contributed by atoms with van der Waals surface area (Å²) in [7, 11) is 1.70. The monoisotopic (exact) mass is 271 g/mol. The van der Waals surface area contributed by atoms with Crippen molar-refractivity contribution in [3.63, 3.8) is 0 Å². The fourth-order valence-electron chi connectivity index (χ4n) is 2.54. The molecule has 2 aromatic heterocycles. The molecule has 0 bridgehead atoms. The molecule has 0 fully saturated rings. The van der Waals surface area contributed by atoms with Gasteiger partial charge in [-0.05, 0) is 18.1 Å². The average Bonchev–Trinajstić information content (AvgIpc) is 3.02. The Morgan fingerprint density at radius 2 is 2.20 bits per heavy atom. The Morgan fingerprint density at radius 3 is 2.90 bits per heavy atom. The molecule has 0 amide bonds. The second kappa shape index (κ2) is 4.59. The van der Waals surface area contributed by atoms with Gasteiger partial charge < -0.3 is 19.8 Å². The van der Waals surface area contributed by atoms with Gasteiger partial charge in [-0.3, -0.25) is 0 Å². The molecule has 0 aliphatic carbocycles. The van der Waals surface area contributed by atoms with Crippen LogP contribution < -0.4 is 5.32 Å². The summed E-state index contributed by atoms with van der Waals surface area (Å²) >= 11 is 0. The number of rotatable bonds is 3. The minimum absolute atomic E-state index is 0.0659. The van der Waals surface area contributed by atoms with Gasteiger partial charge in [0.15, 0.2) is 5.76 Å². The first-order valence-corrected chi connectivity index (χ1v) is 6.56. The van der Waals surface area contributed by atoms with E-state index in [1.165, 1.54) is 5.56 Å². The first-order chi connectivity index (χ1) is 9.61. The predicted molar refractivity (Wildman–Crippen MR) is 78.3 cm³/mol. The van der Waals surface area contributed by atoms with Crippen LogP contribution >= 0.6 is 0 Å². The van der Waals surface area contributed by atoms with Gasteiger partial charge in [-0.25, -0.2) is 0 Å². The number of nitrogens with zero attached hydrogens (tertiary/aromatic N) is 1. The van der Waals surface area contributed by atoms with Crippen LogP contribution in [0.4, 0.5) is 6.01 Å². The van der Waals surface area contributed by atoms with E-state index in [0.717, 1.165) is 16.5 Å². The smallest absolute Gasteiger partial charge is 0.297 e. The molecule has 1 unspecified atom stereocenters. The molecule has 0 aliphatic rings. The Balaban J connectivity index is 2.10. The van der Waals surface area contributed by atoms with Gasteiger partial charge in [-0.15, -0.1) is 0 Å². The van der Waals surface area contributed by atoms with Gasteiger partial charge in [-0.1, -0.05) is 25.1 Å². The lowest BCUT2D eigenvalue weighted by atomic mass is 9.97. The summed E-state index contributed by atoms with van der Waals surface area (Å²) < 4.78 is 5.54. The second-order valence-corrected chi connectivity index (χ2v) is 4.92. The maximum absolute atomic E-state index is 9.90. The summed E-state index contributed by atoms with van der Waals surface area (Å²) in [6, 6.07) is 6.48. The van der Waals surface area contributed by atoms with Crippen molar-refractivity contribution < 1.29 is 9.52 Å². The zero-order valence-electron chi connectivity index (χ0n) is 11.7. The Labute approximate surface area is 116 Å². The number of benzene rings is 1. The molecular formula is C15H17N3O2. The first kappa shape index (κ1) is 12.6. The van der Waals surface area contributed by atoms with Gasteiger partial charge >= 0.3 is 0 Å². The van der Waals surface area contributed by atoms with Crippen molar-refractivity contribution in [2.45, 2.75) is 19.8 Å². The van der Waals surface area contributed by atoms with Gasteiger partial charge in [0.05, 0.1) is 0 Å². The fourth-order valence-corrected chi connectivity index (χ4v) is 2.54. The normalized spacial score (nSPS) is 12.8. The van der Waals surface area contributed by atoms with Crippen molar-refractivity contribution in [3.8, 4) is 5.88 Å². The third-order valence-corrected chi connectivity index (χ3v) is 3.66. The lowest BCUT2D eigenvalue weighted by Gasteiger charge is -2.07. The summed E-state index contributed by atoms with van der Waals surface area (Å²) in [4.78, 5) is 7.21. The molecule has 1 atom stereocenters. The Morgan fingerprint density at radius 1 is 1.40 bits per heavy atom. The Kier molecular flexibility index (Phi) is 2.89. The number of para-hydroxylation sites is 1. The van der Waals surface area contributed by atoms with Crippen LogP contribution in [0.15, 0.2) is 28.8 Å². The minimum atomic E-state index is -0.0832. The number of oxazole rings is 1. The molecule has 20 heavy (non-hydrogen) atoms. The largest absolute Gasteiger partial charge is 0.491 e. The minimum Gasteiger partial charge on any atom is -0.491 e. The van der Waals surface area contributed by atoms with Crippen molar-refractivity contribution in [3.05, 3.63) is 41.3 Å². The quantitative estimate of drug-likeness (QED) is 0.683. The summed E-state index contributed by atoms with van der Waals surface area (Å²) in [5.74, 6) is 0.320. The number of H-pyrrole nitrogens is 1. The third-order valence-electron chi connectivity index (χ3n) is 3.66. The van der Waals surface area contributed by atoms with Crippen LogP contribution in [-0.2, 0) is 0 Å². The highest BCUT2D eigenvalue weighted by Crippen LogP contribution is 2.36.